The summed E-state index contributed by atoms with van der Waals surface area (Å²) in [6.45, 7) is 0.107. The summed E-state index contributed by atoms with van der Waals surface area (Å²) in [6, 6.07) is 3.83. The highest BCUT2D eigenvalue weighted by Crippen LogP contribution is 2.19. The molecule has 1 aliphatic carbocycles. The Labute approximate surface area is 122 Å². The zero-order valence-electron chi connectivity index (χ0n) is 11.3. The number of carbonyl (C=O) groups is 2. The van der Waals surface area contributed by atoms with Crippen molar-refractivity contribution < 1.29 is 9.59 Å². The second kappa shape index (κ2) is 6.60. The smallest absolute Gasteiger partial charge is 0.239 e. The van der Waals surface area contributed by atoms with Crippen LogP contribution in [0.4, 0.5) is 5.82 Å². The third kappa shape index (κ3) is 4.73. The zero-order valence-corrected chi connectivity index (χ0v) is 12.2. The Morgan fingerprint density at radius 3 is 2.85 bits per heavy atom. The summed E-state index contributed by atoms with van der Waals surface area (Å²) >= 11 is 1.38. The summed E-state index contributed by atoms with van der Waals surface area (Å²) in [5.74, 6) is 0.550. The molecule has 1 saturated carbocycles. The van der Waals surface area contributed by atoms with Gasteiger partial charge in [-0.15, -0.1) is 11.8 Å². The van der Waals surface area contributed by atoms with Crippen molar-refractivity contribution in [2.45, 2.75) is 23.8 Å². The molecule has 0 aromatic carbocycles. The monoisotopic (exact) mass is 294 g/mol. The maximum absolute atomic E-state index is 11.9. The number of likely N-dealkylation sites (N-methyl/N-ethyl adjacent to an activating group) is 1. The van der Waals surface area contributed by atoms with Crippen molar-refractivity contribution in [2.75, 3.05) is 25.1 Å². The zero-order chi connectivity index (χ0) is 14.5. The van der Waals surface area contributed by atoms with E-state index in [0.717, 1.165) is 17.7 Å². The number of nitrogen functional groups attached to an aromatic ring is 1. The molecule has 1 fully saturated rings. The van der Waals surface area contributed by atoms with Gasteiger partial charge in [-0.25, -0.2) is 4.98 Å². The van der Waals surface area contributed by atoms with E-state index in [-0.39, 0.29) is 24.1 Å². The van der Waals surface area contributed by atoms with E-state index in [1.807, 2.05) is 6.07 Å². The molecule has 1 aromatic rings. The summed E-state index contributed by atoms with van der Waals surface area (Å²) in [4.78, 5) is 29.8. The summed E-state index contributed by atoms with van der Waals surface area (Å²) in [5.41, 5.74) is 5.49. The van der Waals surface area contributed by atoms with E-state index in [4.69, 9.17) is 5.73 Å². The predicted octanol–water partition coefficient (Wildman–Crippen LogP) is 0.493. The van der Waals surface area contributed by atoms with E-state index >= 15 is 0 Å². The molecule has 0 atom stereocenters. The minimum Gasteiger partial charge on any atom is -0.384 e. The molecule has 20 heavy (non-hydrogen) atoms. The summed E-state index contributed by atoms with van der Waals surface area (Å²) in [5, 5.41) is 2.86. The molecule has 7 heteroatoms. The lowest BCUT2D eigenvalue weighted by Crippen LogP contribution is -2.39. The van der Waals surface area contributed by atoms with Crippen LogP contribution in [-0.2, 0) is 9.59 Å². The number of aromatic nitrogens is 1. The Morgan fingerprint density at radius 2 is 2.25 bits per heavy atom. The van der Waals surface area contributed by atoms with Gasteiger partial charge in [-0.1, -0.05) is 0 Å². The standard InChI is InChI=1S/C13H18N4O2S/c1-17(7-12(18)16-9-2-3-9)13(19)8-20-10-4-5-11(14)15-6-10/h4-6,9H,2-3,7-8H2,1H3,(H2,14,15)(H,16,18). The van der Waals surface area contributed by atoms with Gasteiger partial charge in [-0.2, -0.15) is 0 Å². The van der Waals surface area contributed by atoms with Crippen LogP contribution < -0.4 is 11.1 Å². The third-order valence-electron chi connectivity index (χ3n) is 2.87. The number of hydrogen-bond acceptors (Lipinski definition) is 5. The Bertz CT molecular complexity index is 488. The van der Waals surface area contributed by atoms with Crippen LogP contribution in [0.1, 0.15) is 12.8 Å². The number of nitrogens with two attached hydrogens (primary N) is 1. The van der Waals surface area contributed by atoms with Crippen LogP contribution in [0.25, 0.3) is 0 Å². The first kappa shape index (κ1) is 14.6. The number of anilines is 1. The number of amides is 2. The molecule has 1 aliphatic rings. The minimum absolute atomic E-state index is 0.0854. The molecule has 0 bridgehead atoms. The van der Waals surface area contributed by atoms with Crippen molar-refractivity contribution in [1.82, 2.24) is 15.2 Å². The molecule has 3 N–H and O–H groups in total. The van der Waals surface area contributed by atoms with Crippen molar-refractivity contribution >= 4 is 29.4 Å². The molecule has 0 spiro atoms. The van der Waals surface area contributed by atoms with Crippen LogP contribution in [0, 0.1) is 0 Å². The van der Waals surface area contributed by atoms with Gasteiger partial charge in [-0.05, 0) is 25.0 Å². The van der Waals surface area contributed by atoms with Crippen molar-refractivity contribution in [2.24, 2.45) is 0 Å². The quantitative estimate of drug-likeness (QED) is 0.746. The minimum atomic E-state index is -0.0949. The van der Waals surface area contributed by atoms with Crippen LogP contribution in [0.3, 0.4) is 0 Å². The Hall–Kier alpha value is -1.76. The van der Waals surface area contributed by atoms with E-state index in [0.29, 0.717) is 11.9 Å². The van der Waals surface area contributed by atoms with Gasteiger partial charge in [0, 0.05) is 24.2 Å². The molecule has 2 rings (SSSR count). The van der Waals surface area contributed by atoms with Gasteiger partial charge in [0.1, 0.15) is 5.82 Å². The molecule has 0 aliphatic heterocycles. The number of pyridine rings is 1. The molecular weight excluding hydrogens is 276 g/mol. The predicted molar refractivity (Wildman–Crippen MR) is 78.2 cm³/mol. The van der Waals surface area contributed by atoms with Crippen molar-refractivity contribution in [1.29, 1.82) is 0 Å². The molecule has 0 unspecified atom stereocenters. The fourth-order valence-electron chi connectivity index (χ4n) is 1.54. The van der Waals surface area contributed by atoms with E-state index in [9.17, 15) is 9.59 Å². The van der Waals surface area contributed by atoms with Crippen molar-refractivity contribution in [3.63, 3.8) is 0 Å². The van der Waals surface area contributed by atoms with Crippen LogP contribution in [0.2, 0.25) is 0 Å². The molecule has 108 valence electrons. The van der Waals surface area contributed by atoms with Gasteiger partial charge in [0.15, 0.2) is 0 Å². The first-order chi connectivity index (χ1) is 9.54. The number of rotatable bonds is 6. The third-order valence-corrected chi connectivity index (χ3v) is 3.84. The highest BCUT2D eigenvalue weighted by Gasteiger charge is 2.24. The Balaban J connectivity index is 1.72. The van der Waals surface area contributed by atoms with Gasteiger partial charge >= 0.3 is 0 Å². The maximum Gasteiger partial charge on any atom is 0.239 e. The molecule has 1 aromatic heterocycles. The fraction of sp³-hybridized carbons (Fsp3) is 0.462. The average molecular weight is 294 g/mol. The number of carbonyl (C=O) groups excluding carboxylic acids is 2. The topological polar surface area (TPSA) is 88.3 Å². The lowest BCUT2D eigenvalue weighted by molar-refractivity contribution is -0.132. The van der Waals surface area contributed by atoms with Crippen LogP contribution >= 0.6 is 11.8 Å². The van der Waals surface area contributed by atoms with Crippen LogP contribution in [0.5, 0.6) is 0 Å². The van der Waals surface area contributed by atoms with Gasteiger partial charge < -0.3 is 16.0 Å². The van der Waals surface area contributed by atoms with Gasteiger partial charge in [0.2, 0.25) is 11.8 Å². The SMILES string of the molecule is CN(CC(=O)NC1CC1)C(=O)CSc1ccc(N)nc1. The van der Waals surface area contributed by atoms with Crippen molar-refractivity contribution in [3.8, 4) is 0 Å². The number of hydrogen-bond donors (Lipinski definition) is 2. The largest absolute Gasteiger partial charge is 0.384 e. The lowest BCUT2D eigenvalue weighted by Gasteiger charge is -2.16. The maximum atomic E-state index is 11.9. The molecule has 0 radical (unpaired) electrons. The van der Waals surface area contributed by atoms with E-state index in [1.165, 1.54) is 16.7 Å². The second-order valence-corrected chi connectivity index (χ2v) is 5.85. The first-order valence-corrected chi connectivity index (χ1v) is 7.41. The second-order valence-electron chi connectivity index (χ2n) is 4.80. The van der Waals surface area contributed by atoms with E-state index in [2.05, 4.69) is 10.3 Å². The molecule has 0 saturated heterocycles. The number of thioether (sulfide) groups is 1. The lowest BCUT2D eigenvalue weighted by atomic mass is 10.4. The normalized spacial score (nSPS) is 13.8. The summed E-state index contributed by atoms with van der Waals surface area (Å²) in [6.07, 6.45) is 3.72. The van der Waals surface area contributed by atoms with Gasteiger partial charge in [-0.3, -0.25) is 9.59 Å². The Morgan fingerprint density at radius 1 is 1.50 bits per heavy atom. The number of nitrogens with zero attached hydrogens (tertiary/aromatic N) is 2. The van der Waals surface area contributed by atoms with Gasteiger partial charge in [0.05, 0.1) is 12.3 Å². The van der Waals surface area contributed by atoms with Crippen LogP contribution in [-0.4, -0.2) is 47.1 Å². The van der Waals surface area contributed by atoms with Crippen LogP contribution in [0.15, 0.2) is 23.2 Å². The van der Waals surface area contributed by atoms with Gasteiger partial charge in [0.25, 0.3) is 0 Å². The Kier molecular flexibility index (Phi) is 4.84. The summed E-state index contributed by atoms with van der Waals surface area (Å²) in [7, 11) is 1.64. The highest BCUT2D eigenvalue weighted by molar-refractivity contribution is 8.00. The van der Waals surface area contributed by atoms with E-state index in [1.54, 1.807) is 19.3 Å². The molecule has 6 nitrogen and oxygen atoms in total. The summed E-state index contributed by atoms with van der Waals surface area (Å²) < 4.78 is 0. The molecule has 2 amide bonds. The number of nitrogens with one attached hydrogen (secondary N) is 1. The fourth-order valence-corrected chi connectivity index (χ4v) is 2.34. The molecular formula is C13H18N4O2S. The van der Waals surface area contributed by atoms with E-state index < -0.39 is 0 Å². The highest BCUT2D eigenvalue weighted by atomic mass is 32.2. The molecule has 1 heterocycles. The van der Waals surface area contributed by atoms with Crippen molar-refractivity contribution in [3.05, 3.63) is 18.3 Å². The first-order valence-electron chi connectivity index (χ1n) is 6.42. The average Bonchev–Trinajstić information content (AvgIpc) is 3.21.